The highest BCUT2D eigenvalue weighted by Gasteiger charge is 2.44. The number of hydrogen-bond acceptors (Lipinski definition) is 8. The summed E-state index contributed by atoms with van der Waals surface area (Å²) >= 11 is 4.13. The summed E-state index contributed by atoms with van der Waals surface area (Å²) in [5.74, 6) is -1.27. The van der Waals surface area contributed by atoms with Crippen molar-refractivity contribution >= 4 is 24.4 Å². The Morgan fingerprint density at radius 3 is 2.47 bits per heavy atom. The summed E-state index contributed by atoms with van der Waals surface area (Å²) in [4.78, 5) is 33.1. The Labute approximate surface area is 115 Å². The fourth-order valence-electron chi connectivity index (χ4n) is 2.17. The Balaban J connectivity index is 2.92. The summed E-state index contributed by atoms with van der Waals surface area (Å²) in [6.07, 6.45) is -3.93. The molecule has 5 unspecified atom stereocenters. The zero-order valence-corrected chi connectivity index (χ0v) is 11.8. The van der Waals surface area contributed by atoms with Crippen LogP contribution >= 0.6 is 6.72 Å². The van der Waals surface area contributed by atoms with Crippen LogP contribution in [0.3, 0.4) is 0 Å². The molecule has 19 heavy (non-hydrogen) atoms. The van der Waals surface area contributed by atoms with E-state index in [1.54, 1.807) is 0 Å². The second kappa shape index (κ2) is 6.55. The predicted octanol–water partition coefficient (Wildman–Crippen LogP) is -3.44. The van der Waals surface area contributed by atoms with E-state index in [-0.39, 0.29) is 6.42 Å². The number of nitrogens with one attached hydrogen (secondary N) is 1. The highest BCUT2D eigenvalue weighted by Crippen LogP contribution is 2.36. The van der Waals surface area contributed by atoms with Gasteiger partial charge in [-0.2, -0.15) is 0 Å². The summed E-state index contributed by atoms with van der Waals surface area (Å²) in [7, 11) is 0. The standard InChI is InChI=1S/C9H18NO7PS/c1-4(12)10-7-6(17-18(15,16)19)2-5(3-11)8(13)9(7)14/h5-9,11,13-14H,2-3H2,1H3,(H,10,12)(H2,15,16,19)/p-2. The highest BCUT2D eigenvalue weighted by molar-refractivity contribution is 8.05. The van der Waals surface area contributed by atoms with E-state index in [1.165, 1.54) is 6.92 Å². The minimum absolute atomic E-state index is 0.0530. The summed E-state index contributed by atoms with van der Waals surface area (Å²) in [6, 6.07) is -1.11. The Hall–Kier alpha value is -0.120. The number of aliphatic hydroxyl groups excluding tert-OH is 3. The van der Waals surface area contributed by atoms with E-state index in [2.05, 4.69) is 21.6 Å². The Kier molecular flexibility index (Phi) is 5.84. The van der Waals surface area contributed by atoms with Gasteiger partial charge in [-0.3, -0.25) is 4.79 Å². The third-order valence-corrected chi connectivity index (χ3v) is 3.79. The van der Waals surface area contributed by atoms with E-state index in [9.17, 15) is 24.8 Å². The molecular formula is C9H16NO7PS-2. The molecule has 0 aromatic rings. The molecule has 0 saturated heterocycles. The zero-order valence-electron chi connectivity index (χ0n) is 10.1. The molecule has 1 amide bonds. The lowest BCUT2D eigenvalue weighted by Crippen LogP contribution is -2.61. The van der Waals surface area contributed by atoms with Crippen LogP contribution in [0.15, 0.2) is 0 Å². The minimum atomic E-state index is -4.49. The van der Waals surface area contributed by atoms with E-state index >= 15 is 0 Å². The van der Waals surface area contributed by atoms with Crippen LogP contribution in [0, 0.1) is 5.92 Å². The first-order valence-electron chi connectivity index (χ1n) is 5.60. The maximum atomic E-state index is 11.0. The Bertz CT molecular complexity index is 376. The lowest BCUT2D eigenvalue weighted by Gasteiger charge is -2.47. The van der Waals surface area contributed by atoms with E-state index in [4.69, 9.17) is 5.11 Å². The molecule has 1 aliphatic carbocycles. The van der Waals surface area contributed by atoms with E-state index < -0.39 is 49.5 Å². The summed E-state index contributed by atoms with van der Waals surface area (Å²) < 4.78 is 4.66. The molecule has 112 valence electrons. The third-order valence-electron chi connectivity index (χ3n) is 3.01. The lowest BCUT2D eigenvalue weighted by atomic mass is 9.80. The molecule has 0 aromatic heterocycles. The average molecular weight is 313 g/mol. The van der Waals surface area contributed by atoms with Crippen LogP contribution in [0.2, 0.25) is 0 Å². The van der Waals surface area contributed by atoms with Crippen LogP contribution in [0.5, 0.6) is 0 Å². The molecule has 8 nitrogen and oxygen atoms in total. The van der Waals surface area contributed by atoms with Crippen molar-refractivity contribution in [3.05, 3.63) is 0 Å². The van der Waals surface area contributed by atoms with Crippen molar-refractivity contribution in [1.29, 1.82) is 0 Å². The topological polar surface area (TPSA) is 145 Å². The second-order valence-corrected chi connectivity index (χ2v) is 6.92. The molecule has 0 radical (unpaired) electrons. The smallest absolute Gasteiger partial charge is 0.217 e. The molecule has 0 bridgehead atoms. The summed E-state index contributed by atoms with van der Waals surface area (Å²) in [6.45, 7) is -3.76. The lowest BCUT2D eigenvalue weighted by molar-refractivity contribution is -0.327. The largest absolute Gasteiger partial charge is 0.812 e. The van der Waals surface area contributed by atoms with Crippen LogP contribution in [-0.4, -0.2) is 52.2 Å². The van der Waals surface area contributed by atoms with Crippen molar-refractivity contribution in [2.24, 2.45) is 5.92 Å². The number of hydrogen-bond donors (Lipinski definition) is 4. The SMILES string of the molecule is CC(=O)NC1C(OP([O-])([O-])=S)CC(CO)C(O)C1O. The van der Waals surface area contributed by atoms with Gasteiger partial charge in [-0.05, 0) is 6.42 Å². The van der Waals surface area contributed by atoms with Crippen molar-refractivity contribution in [2.45, 2.75) is 37.7 Å². The van der Waals surface area contributed by atoms with Gasteiger partial charge < -0.3 is 34.9 Å². The van der Waals surface area contributed by atoms with E-state index in [0.717, 1.165) is 0 Å². The van der Waals surface area contributed by atoms with E-state index in [0.29, 0.717) is 0 Å². The monoisotopic (exact) mass is 313 g/mol. The van der Waals surface area contributed by atoms with Crippen LogP contribution in [0.4, 0.5) is 0 Å². The first-order valence-corrected chi connectivity index (χ1v) is 8.16. The number of carbonyl (C=O) groups excluding carboxylic acids is 1. The predicted molar refractivity (Wildman–Crippen MR) is 64.0 cm³/mol. The van der Waals surface area contributed by atoms with Gasteiger partial charge in [0.2, 0.25) is 5.91 Å². The van der Waals surface area contributed by atoms with Gasteiger partial charge >= 0.3 is 0 Å². The van der Waals surface area contributed by atoms with E-state index in [1.807, 2.05) is 0 Å². The summed E-state index contributed by atoms with van der Waals surface area (Å²) in [5, 5.41) is 31.0. The quantitative estimate of drug-likeness (QED) is 0.392. The van der Waals surface area contributed by atoms with Gasteiger partial charge in [-0.15, -0.1) is 11.8 Å². The molecule has 1 fully saturated rings. The second-order valence-electron chi connectivity index (χ2n) is 4.48. The molecule has 1 rings (SSSR count). The van der Waals surface area contributed by atoms with Crippen LogP contribution < -0.4 is 15.1 Å². The van der Waals surface area contributed by atoms with Crippen LogP contribution in [0.1, 0.15) is 13.3 Å². The molecule has 0 spiro atoms. The number of rotatable bonds is 4. The normalized spacial score (nSPS) is 36.0. The molecule has 0 heterocycles. The van der Waals surface area contributed by atoms with Gasteiger partial charge in [0.05, 0.1) is 18.2 Å². The molecule has 10 heteroatoms. The molecule has 0 aromatic carbocycles. The van der Waals surface area contributed by atoms with Crippen LogP contribution in [-0.2, 0) is 21.1 Å². The van der Waals surface area contributed by atoms with Crippen LogP contribution in [0.25, 0.3) is 0 Å². The molecule has 4 N–H and O–H groups in total. The molecular weight excluding hydrogens is 297 g/mol. The van der Waals surface area contributed by atoms with Gasteiger partial charge in [0.1, 0.15) is 6.10 Å². The van der Waals surface area contributed by atoms with Gasteiger partial charge in [-0.1, -0.05) is 6.72 Å². The van der Waals surface area contributed by atoms with Gasteiger partial charge in [0.15, 0.2) is 0 Å². The Morgan fingerprint density at radius 1 is 1.47 bits per heavy atom. The van der Waals surface area contributed by atoms with Crippen molar-refractivity contribution in [1.82, 2.24) is 5.32 Å². The minimum Gasteiger partial charge on any atom is -0.812 e. The summed E-state index contributed by atoms with van der Waals surface area (Å²) in [5.41, 5.74) is 0. The molecule has 5 atom stereocenters. The number of aliphatic hydroxyl groups is 3. The third kappa shape index (κ3) is 4.73. The van der Waals surface area contributed by atoms with Crippen molar-refractivity contribution in [2.75, 3.05) is 6.61 Å². The molecule has 1 aliphatic rings. The van der Waals surface area contributed by atoms with Gasteiger partial charge in [-0.25, -0.2) is 0 Å². The number of amides is 1. The van der Waals surface area contributed by atoms with Crippen molar-refractivity contribution in [3.8, 4) is 0 Å². The first-order chi connectivity index (χ1) is 8.65. The fraction of sp³-hybridized carbons (Fsp3) is 0.889. The molecule has 0 aliphatic heterocycles. The van der Waals surface area contributed by atoms with Crippen molar-refractivity contribution < 1.29 is 34.4 Å². The molecule has 1 saturated carbocycles. The maximum absolute atomic E-state index is 11.0. The van der Waals surface area contributed by atoms with Crippen molar-refractivity contribution in [3.63, 3.8) is 0 Å². The Morgan fingerprint density at radius 2 is 2.05 bits per heavy atom. The average Bonchev–Trinajstić information content (AvgIpc) is 2.26. The zero-order chi connectivity index (χ0) is 14.8. The highest BCUT2D eigenvalue weighted by atomic mass is 32.5. The fourth-order valence-corrected chi connectivity index (χ4v) is 3.05. The maximum Gasteiger partial charge on any atom is 0.217 e. The first kappa shape index (κ1) is 16.9. The number of carbonyl (C=O) groups is 1. The van der Waals surface area contributed by atoms with Gasteiger partial charge in [0.25, 0.3) is 0 Å². The van der Waals surface area contributed by atoms with Gasteiger partial charge in [0, 0.05) is 19.4 Å².